The lowest BCUT2D eigenvalue weighted by Crippen LogP contribution is -2.32. The minimum Gasteiger partial charge on any atom is -0.455 e. The molecule has 8 nitrogen and oxygen atoms in total. The highest BCUT2D eigenvalue weighted by Gasteiger charge is 2.17. The molecule has 3 aromatic rings. The Bertz CT molecular complexity index is 1130. The topological polar surface area (TPSA) is 114 Å². The van der Waals surface area contributed by atoms with E-state index in [-0.39, 0.29) is 4.90 Å². The number of nitrogens with zero attached hydrogens (tertiary/aromatic N) is 1. The van der Waals surface area contributed by atoms with Crippen LogP contribution in [0.2, 0.25) is 0 Å². The molecule has 0 atom stereocenters. The van der Waals surface area contributed by atoms with Gasteiger partial charge in [0.05, 0.1) is 10.6 Å². The number of sulfonamides is 1. The number of rotatable bonds is 8. The molecule has 0 saturated carbocycles. The van der Waals surface area contributed by atoms with E-state index in [0.717, 1.165) is 16.8 Å². The molecule has 0 aliphatic carbocycles. The first-order valence-electron chi connectivity index (χ1n) is 8.86. The zero-order chi connectivity index (χ0) is 21.6. The predicted octanol–water partition coefficient (Wildman–Crippen LogP) is 2.58. The molecule has 0 bridgehead atoms. The van der Waals surface area contributed by atoms with Gasteiger partial charge in [-0.05, 0) is 19.1 Å². The lowest BCUT2D eigenvalue weighted by atomic mass is 10.2. The first-order valence-corrected chi connectivity index (χ1v) is 11.2. The number of aryl methyl sites for hydroxylation is 1. The number of hydrogen-bond donors (Lipinski definition) is 2. The number of esters is 1. The Kier molecular flexibility index (Phi) is 6.93. The predicted molar refractivity (Wildman–Crippen MR) is 114 cm³/mol. The molecule has 3 rings (SSSR count). The highest BCUT2D eigenvalue weighted by molar-refractivity contribution is 7.89. The molecular formula is C20H19N3O5S2. The van der Waals surface area contributed by atoms with Crippen LogP contribution >= 0.6 is 11.3 Å². The highest BCUT2D eigenvalue weighted by atomic mass is 32.2. The third-order valence-electron chi connectivity index (χ3n) is 3.92. The molecule has 1 heterocycles. The van der Waals surface area contributed by atoms with Crippen LogP contribution in [0.25, 0.3) is 11.3 Å². The van der Waals surface area contributed by atoms with Crippen LogP contribution in [-0.2, 0) is 24.3 Å². The van der Waals surface area contributed by atoms with Crippen molar-refractivity contribution in [2.24, 2.45) is 0 Å². The Morgan fingerprint density at radius 2 is 1.77 bits per heavy atom. The molecule has 0 aliphatic heterocycles. The van der Waals surface area contributed by atoms with Crippen molar-refractivity contribution in [3.63, 3.8) is 0 Å². The molecule has 0 saturated heterocycles. The average molecular weight is 446 g/mol. The number of carbonyl (C=O) groups excluding carboxylic acids is 2. The van der Waals surface area contributed by atoms with Gasteiger partial charge in [0, 0.05) is 10.9 Å². The normalized spacial score (nSPS) is 11.1. The van der Waals surface area contributed by atoms with E-state index >= 15 is 0 Å². The number of nitrogens with one attached hydrogen (secondary N) is 2. The van der Waals surface area contributed by atoms with Crippen LogP contribution in [0, 0.1) is 6.92 Å². The van der Waals surface area contributed by atoms with Gasteiger partial charge < -0.3 is 4.74 Å². The van der Waals surface area contributed by atoms with Crippen molar-refractivity contribution >= 4 is 38.4 Å². The third kappa shape index (κ3) is 5.96. The Hall–Kier alpha value is -3.08. The van der Waals surface area contributed by atoms with Gasteiger partial charge in [-0.25, -0.2) is 13.4 Å². The summed E-state index contributed by atoms with van der Waals surface area (Å²) in [4.78, 5) is 28.1. The van der Waals surface area contributed by atoms with E-state index in [1.807, 2.05) is 37.3 Å². The van der Waals surface area contributed by atoms with E-state index in [2.05, 4.69) is 15.0 Å². The fourth-order valence-electron chi connectivity index (χ4n) is 2.38. The highest BCUT2D eigenvalue weighted by Crippen LogP contribution is 2.24. The first kappa shape index (κ1) is 21.6. The number of carbonyl (C=O) groups is 2. The molecule has 1 aromatic heterocycles. The molecule has 156 valence electrons. The van der Waals surface area contributed by atoms with Crippen LogP contribution in [0.1, 0.15) is 5.56 Å². The van der Waals surface area contributed by atoms with Crippen molar-refractivity contribution in [2.45, 2.75) is 11.8 Å². The smallest absolute Gasteiger partial charge is 0.321 e. The molecule has 1 amide bonds. The number of hydrogen-bond acceptors (Lipinski definition) is 7. The number of benzene rings is 2. The maximum Gasteiger partial charge on any atom is 0.321 e. The van der Waals surface area contributed by atoms with E-state index < -0.39 is 35.1 Å². The Morgan fingerprint density at radius 1 is 1.07 bits per heavy atom. The summed E-state index contributed by atoms with van der Waals surface area (Å²) < 4.78 is 31.2. The Balaban J connectivity index is 1.45. The molecule has 0 spiro atoms. The van der Waals surface area contributed by atoms with Gasteiger partial charge in [0.15, 0.2) is 11.7 Å². The largest absolute Gasteiger partial charge is 0.455 e. The van der Waals surface area contributed by atoms with Gasteiger partial charge in [0.1, 0.15) is 6.54 Å². The molecule has 0 unspecified atom stereocenters. The monoisotopic (exact) mass is 445 g/mol. The van der Waals surface area contributed by atoms with Crippen LogP contribution in [0.3, 0.4) is 0 Å². The second kappa shape index (κ2) is 9.61. The van der Waals surface area contributed by atoms with Gasteiger partial charge in [-0.3, -0.25) is 14.9 Å². The number of ether oxygens (including phenoxy) is 1. The van der Waals surface area contributed by atoms with Crippen molar-refractivity contribution in [1.29, 1.82) is 0 Å². The summed E-state index contributed by atoms with van der Waals surface area (Å²) >= 11 is 1.24. The molecule has 0 radical (unpaired) electrons. The SMILES string of the molecule is Cc1ccc(S(=O)(=O)NCC(=O)OCC(=O)Nc2nc(-c3ccccc3)cs2)cc1. The molecule has 0 fully saturated rings. The van der Waals surface area contributed by atoms with Crippen LogP contribution in [0.5, 0.6) is 0 Å². The standard InChI is InChI=1S/C20H19N3O5S2/c1-14-7-9-16(10-8-14)30(26,27)21-11-19(25)28-12-18(24)23-20-22-17(13-29-20)15-5-3-2-4-6-15/h2-10,13,21H,11-12H2,1H3,(H,22,23,24). The van der Waals surface area contributed by atoms with Crippen LogP contribution < -0.4 is 10.0 Å². The summed E-state index contributed by atoms with van der Waals surface area (Å²) in [6.45, 7) is 0.699. The molecular weight excluding hydrogens is 426 g/mol. The molecule has 10 heteroatoms. The summed E-state index contributed by atoms with van der Waals surface area (Å²) in [7, 11) is -3.84. The van der Waals surface area contributed by atoms with E-state index in [1.54, 1.807) is 17.5 Å². The van der Waals surface area contributed by atoms with Crippen molar-refractivity contribution in [3.05, 3.63) is 65.5 Å². The van der Waals surface area contributed by atoms with Crippen molar-refractivity contribution < 1.29 is 22.7 Å². The number of anilines is 1. The number of thiazole rings is 1. The number of amides is 1. The fourth-order valence-corrected chi connectivity index (χ4v) is 4.08. The third-order valence-corrected chi connectivity index (χ3v) is 6.10. The molecule has 2 N–H and O–H groups in total. The van der Waals surface area contributed by atoms with Crippen molar-refractivity contribution in [2.75, 3.05) is 18.5 Å². The molecule has 0 aliphatic rings. The first-order chi connectivity index (χ1) is 14.3. The minimum atomic E-state index is -3.84. The van der Waals surface area contributed by atoms with Crippen LogP contribution in [0.4, 0.5) is 5.13 Å². The average Bonchev–Trinajstić information content (AvgIpc) is 3.20. The van der Waals surface area contributed by atoms with Crippen molar-refractivity contribution in [3.8, 4) is 11.3 Å². The summed E-state index contributed by atoms with van der Waals surface area (Å²) in [5, 5.41) is 4.72. The maximum absolute atomic E-state index is 12.1. The van der Waals surface area contributed by atoms with Crippen LogP contribution in [-0.4, -0.2) is 38.4 Å². The van der Waals surface area contributed by atoms with Crippen LogP contribution in [0.15, 0.2) is 64.9 Å². The van der Waals surface area contributed by atoms with E-state index in [1.165, 1.54) is 23.5 Å². The van der Waals surface area contributed by atoms with Gasteiger partial charge in [-0.15, -0.1) is 11.3 Å². The molecule has 2 aromatic carbocycles. The van der Waals surface area contributed by atoms with Gasteiger partial charge in [0.25, 0.3) is 5.91 Å². The summed E-state index contributed by atoms with van der Waals surface area (Å²) in [6.07, 6.45) is 0. The van der Waals surface area contributed by atoms with Gasteiger partial charge in [-0.1, -0.05) is 48.0 Å². The second-order valence-electron chi connectivity index (χ2n) is 6.25. The second-order valence-corrected chi connectivity index (χ2v) is 8.88. The lowest BCUT2D eigenvalue weighted by molar-refractivity contribution is -0.146. The van der Waals surface area contributed by atoms with E-state index in [9.17, 15) is 18.0 Å². The maximum atomic E-state index is 12.1. The summed E-state index contributed by atoms with van der Waals surface area (Å²) in [6, 6.07) is 15.7. The zero-order valence-corrected chi connectivity index (χ0v) is 17.6. The Morgan fingerprint density at radius 3 is 2.47 bits per heavy atom. The van der Waals surface area contributed by atoms with Crippen molar-refractivity contribution in [1.82, 2.24) is 9.71 Å². The van der Waals surface area contributed by atoms with Gasteiger partial charge >= 0.3 is 5.97 Å². The fraction of sp³-hybridized carbons (Fsp3) is 0.150. The number of aromatic nitrogens is 1. The van der Waals surface area contributed by atoms with Gasteiger partial charge in [-0.2, -0.15) is 4.72 Å². The minimum absolute atomic E-state index is 0.0385. The quantitative estimate of drug-likeness (QED) is 0.515. The molecule has 30 heavy (non-hydrogen) atoms. The lowest BCUT2D eigenvalue weighted by Gasteiger charge is -2.07. The summed E-state index contributed by atoms with van der Waals surface area (Å²) in [5.74, 6) is -1.44. The van der Waals surface area contributed by atoms with E-state index in [4.69, 9.17) is 4.74 Å². The summed E-state index contributed by atoms with van der Waals surface area (Å²) in [5.41, 5.74) is 2.55. The van der Waals surface area contributed by atoms with E-state index in [0.29, 0.717) is 5.13 Å². The zero-order valence-electron chi connectivity index (χ0n) is 16.0. The Labute approximate surface area is 178 Å². The van der Waals surface area contributed by atoms with Gasteiger partial charge in [0.2, 0.25) is 10.0 Å².